The lowest BCUT2D eigenvalue weighted by Gasteiger charge is -2.02. The van der Waals surface area contributed by atoms with E-state index >= 15 is 0 Å². The SMILES string of the molecule is Clc1ccc(Nc2n[nH]c(COc3ccccc3)n2)cc1. The fourth-order valence-electron chi connectivity index (χ4n) is 1.75. The van der Waals surface area contributed by atoms with E-state index in [-0.39, 0.29) is 0 Å². The Morgan fingerprint density at radius 3 is 2.57 bits per heavy atom. The van der Waals surface area contributed by atoms with Crippen molar-refractivity contribution in [2.24, 2.45) is 0 Å². The Balaban J connectivity index is 1.59. The number of rotatable bonds is 5. The molecule has 5 nitrogen and oxygen atoms in total. The average molecular weight is 301 g/mol. The number of anilines is 2. The molecule has 6 heteroatoms. The summed E-state index contributed by atoms with van der Waals surface area (Å²) in [5.41, 5.74) is 0.869. The van der Waals surface area contributed by atoms with Crippen LogP contribution in [0.15, 0.2) is 54.6 Å². The average Bonchev–Trinajstić information content (AvgIpc) is 2.96. The summed E-state index contributed by atoms with van der Waals surface area (Å²) in [7, 11) is 0. The quantitative estimate of drug-likeness (QED) is 0.752. The molecule has 3 rings (SSSR count). The zero-order valence-corrected chi connectivity index (χ0v) is 11.8. The maximum absolute atomic E-state index is 5.84. The van der Waals surface area contributed by atoms with Crippen LogP contribution in [-0.2, 0) is 6.61 Å². The van der Waals surface area contributed by atoms with E-state index in [1.54, 1.807) is 12.1 Å². The fraction of sp³-hybridized carbons (Fsp3) is 0.0667. The highest BCUT2D eigenvalue weighted by molar-refractivity contribution is 6.30. The molecule has 0 aliphatic heterocycles. The van der Waals surface area contributed by atoms with Crippen molar-refractivity contribution in [3.8, 4) is 5.75 Å². The number of halogens is 1. The molecule has 0 fully saturated rings. The van der Waals surface area contributed by atoms with E-state index in [1.165, 1.54) is 0 Å². The number of ether oxygens (including phenoxy) is 1. The molecule has 0 bridgehead atoms. The minimum absolute atomic E-state index is 0.333. The Labute approximate surface area is 126 Å². The van der Waals surface area contributed by atoms with Gasteiger partial charge in [-0.05, 0) is 36.4 Å². The van der Waals surface area contributed by atoms with Crippen LogP contribution in [0.1, 0.15) is 5.82 Å². The van der Waals surface area contributed by atoms with Crippen molar-refractivity contribution in [1.82, 2.24) is 15.2 Å². The summed E-state index contributed by atoms with van der Waals surface area (Å²) in [6.45, 7) is 0.333. The van der Waals surface area contributed by atoms with E-state index in [0.29, 0.717) is 23.4 Å². The first-order chi connectivity index (χ1) is 10.3. The van der Waals surface area contributed by atoms with Gasteiger partial charge in [0, 0.05) is 10.7 Å². The van der Waals surface area contributed by atoms with Gasteiger partial charge in [0.25, 0.3) is 0 Å². The van der Waals surface area contributed by atoms with Gasteiger partial charge in [-0.3, -0.25) is 5.10 Å². The van der Waals surface area contributed by atoms with Crippen LogP contribution in [-0.4, -0.2) is 15.2 Å². The Hall–Kier alpha value is -2.53. The maximum Gasteiger partial charge on any atom is 0.246 e. The highest BCUT2D eigenvalue weighted by Crippen LogP contribution is 2.16. The molecule has 0 radical (unpaired) electrons. The van der Waals surface area contributed by atoms with Crippen LogP contribution in [0.3, 0.4) is 0 Å². The lowest BCUT2D eigenvalue weighted by Crippen LogP contribution is -1.97. The summed E-state index contributed by atoms with van der Waals surface area (Å²) in [5.74, 6) is 1.93. The van der Waals surface area contributed by atoms with Gasteiger partial charge in [-0.25, -0.2) is 0 Å². The Kier molecular flexibility index (Phi) is 4.02. The van der Waals surface area contributed by atoms with E-state index in [4.69, 9.17) is 16.3 Å². The van der Waals surface area contributed by atoms with Crippen LogP contribution in [0.25, 0.3) is 0 Å². The minimum atomic E-state index is 0.333. The van der Waals surface area contributed by atoms with Crippen LogP contribution < -0.4 is 10.1 Å². The molecule has 1 heterocycles. The molecule has 106 valence electrons. The second-order valence-electron chi connectivity index (χ2n) is 4.34. The summed E-state index contributed by atoms with van der Waals surface area (Å²) in [5, 5.41) is 10.7. The van der Waals surface area contributed by atoms with Gasteiger partial charge in [0.15, 0.2) is 5.82 Å². The van der Waals surface area contributed by atoms with Crippen molar-refractivity contribution < 1.29 is 4.74 Å². The van der Waals surface area contributed by atoms with Gasteiger partial charge in [0.2, 0.25) is 5.95 Å². The van der Waals surface area contributed by atoms with Gasteiger partial charge in [-0.1, -0.05) is 29.8 Å². The topological polar surface area (TPSA) is 62.8 Å². The largest absolute Gasteiger partial charge is 0.486 e. The Morgan fingerprint density at radius 2 is 1.81 bits per heavy atom. The lowest BCUT2D eigenvalue weighted by atomic mass is 10.3. The van der Waals surface area contributed by atoms with E-state index < -0.39 is 0 Å². The summed E-state index contributed by atoms with van der Waals surface area (Å²) in [4.78, 5) is 4.31. The lowest BCUT2D eigenvalue weighted by molar-refractivity contribution is 0.296. The molecule has 0 atom stereocenters. The number of nitrogens with one attached hydrogen (secondary N) is 2. The predicted molar refractivity (Wildman–Crippen MR) is 81.9 cm³/mol. The van der Waals surface area contributed by atoms with Gasteiger partial charge in [-0.2, -0.15) is 4.98 Å². The van der Waals surface area contributed by atoms with Crippen molar-refractivity contribution in [3.05, 3.63) is 65.4 Å². The third-order valence-corrected chi connectivity index (χ3v) is 3.00. The first-order valence-corrected chi connectivity index (χ1v) is 6.79. The number of benzene rings is 2. The van der Waals surface area contributed by atoms with Gasteiger partial charge in [0.05, 0.1) is 0 Å². The zero-order valence-electron chi connectivity index (χ0n) is 11.1. The van der Waals surface area contributed by atoms with Crippen molar-refractivity contribution in [2.45, 2.75) is 6.61 Å². The third-order valence-electron chi connectivity index (χ3n) is 2.75. The van der Waals surface area contributed by atoms with Crippen LogP contribution in [0, 0.1) is 0 Å². The van der Waals surface area contributed by atoms with E-state index in [1.807, 2.05) is 42.5 Å². The zero-order chi connectivity index (χ0) is 14.5. The number of hydrogen-bond donors (Lipinski definition) is 2. The smallest absolute Gasteiger partial charge is 0.246 e. The molecule has 3 aromatic rings. The fourth-order valence-corrected chi connectivity index (χ4v) is 1.87. The molecule has 21 heavy (non-hydrogen) atoms. The molecule has 0 aliphatic carbocycles. The number of hydrogen-bond acceptors (Lipinski definition) is 4. The van der Waals surface area contributed by atoms with Crippen LogP contribution in [0.4, 0.5) is 11.6 Å². The molecule has 1 aromatic heterocycles. The molecule has 2 aromatic carbocycles. The van der Waals surface area contributed by atoms with Crippen molar-refractivity contribution in [2.75, 3.05) is 5.32 Å². The summed E-state index contributed by atoms with van der Waals surface area (Å²) in [6.07, 6.45) is 0. The Morgan fingerprint density at radius 1 is 1.05 bits per heavy atom. The number of aromatic amines is 1. The van der Waals surface area contributed by atoms with Crippen molar-refractivity contribution in [3.63, 3.8) is 0 Å². The minimum Gasteiger partial charge on any atom is -0.486 e. The van der Waals surface area contributed by atoms with Gasteiger partial charge >= 0.3 is 0 Å². The first kappa shape index (κ1) is 13.5. The monoisotopic (exact) mass is 300 g/mol. The molecule has 0 saturated carbocycles. The van der Waals surface area contributed by atoms with Crippen molar-refractivity contribution in [1.29, 1.82) is 0 Å². The molecular formula is C15H13ClN4O. The summed E-state index contributed by atoms with van der Waals surface area (Å²) in [6, 6.07) is 16.9. The predicted octanol–water partition coefficient (Wildman–Crippen LogP) is 3.78. The molecule has 0 unspecified atom stereocenters. The van der Waals surface area contributed by atoms with Crippen molar-refractivity contribution >= 4 is 23.2 Å². The van der Waals surface area contributed by atoms with E-state index in [2.05, 4.69) is 20.5 Å². The molecule has 0 amide bonds. The first-order valence-electron chi connectivity index (χ1n) is 6.41. The summed E-state index contributed by atoms with van der Waals surface area (Å²) >= 11 is 5.84. The van der Waals surface area contributed by atoms with E-state index in [9.17, 15) is 0 Å². The normalized spacial score (nSPS) is 10.3. The van der Waals surface area contributed by atoms with Gasteiger partial charge in [0.1, 0.15) is 12.4 Å². The molecule has 0 saturated heterocycles. The molecule has 2 N–H and O–H groups in total. The van der Waals surface area contributed by atoms with E-state index in [0.717, 1.165) is 11.4 Å². The molecule has 0 spiro atoms. The van der Waals surface area contributed by atoms with Gasteiger partial charge < -0.3 is 10.1 Å². The number of H-pyrrole nitrogens is 1. The standard InChI is InChI=1S/C15H13ClN4O/c16-11-6-8-12(9-7-11)17-15-18-14(19-20-15)10-21-13-4-2-1-3-5-13/h1-9H,10H2,(H2,17,18,19,20). The summed E-state index contributed by atoms with van der Waals surface area (Å²) < 4.78 is 5.59. The number of nitrogens with zero attached hydrogens (tertiary/aromatic N) is 2. The van der Waals surface area contributed by atoms with Crippen LogP contribution in [0.5, 0.6) is 5.75 Å². The van der Waals surface area contributed by atoms with Crippen LogP contribution in [0.2, 0.25) is 5.02 Å². The second kappa shape index (κ2) is 6.28. The second-order valence-corrected chi connectivity index (χ2v) is 4.78. The highest BCUT2D eigenvalue weighted by Gasteiger charge is 2.04. The maximum atomic E-state index is 5.84. The number of para-hydroxylation sites is 1. The number of aromatic nitrogens is 3. The third kappa shape index (κ3) is 3.73. The Bertz CT molecular complexity index is 697. The highest BCUT2D eigenvalue weighted by atomic mass is 35.5. The molecular weight excluding hydrogens is 288 g/mol. The molecule has 0 aliphatic rings. The van der Waals surface area contributed by atoms with Crippen LogP contribution >= 0.6 is 11.6 Å². The van der Waals surface area contributed by atoms with Gasteiger partial charge in [-0.15, -0.1) is 5.10 Å².